The van der Waals surface area contributed by atoms with Crippen molar-refractivity contribution >= 4 is 54.2 Å². The summed E-state index contributed by atoms with van der Waals surface area (Å²) in [5.41, 5.74) is 2.21. The molecule has 0 radical (unpaired) electrons. The predicted octanol–water partition coefficient (Wildman–Crippen LogP) is 4.79. The molecule has 4 nitrogen and oxygen atoms in total. The molecule has 3 rings (SSSR count). The number of halogens is 1. The lowest BCUT2D eigenvalue weighted by molar-refractivity contribution is -0.115. The van der Waals surface area contributed by atoms with Crippen molar-refractivity contribution in [2.75, 3.05) is 23.3 Å². The Labute approximate surface area is 149 Å². The van der Waals surface area contributed by atoms with E-state index in [2.05, 4.69) is 56.3 Å². The average Bonchev–Trinajstić information content (AvgIpc) is 3.20. The molecule has 6 heteroatoms. The second kappa shape index (κ2) is 7.62. The van der Waals surface area contributed by atoms with Crippen molar-refractivity contribution in [3.05, 3.63) is 18.2 Å². The van der Waals surface area contributed by atoms with Gasteiger partial charge in [-0.15, -0.1) is 0 Å². The molecule has 2 aromatic rings. The molecule has 0 aliphatic carbocycles. The van der Waals surface area contributed by atoms with Crippen molar-refractivity contribution in [3.63, 3.8) is 0 Å². The molecule has 1 aromatic heterocycles. The molecule has 0 unspecified atom stereocenters. The van der Waals surface area contributed by atoms with Crippen LogP contribution in [0.15, 0.2) is 18.2 Å². The summed E-state index contributed by atoms with van der Waals surface area (Å²) in [5, 5.41) is 3.62. The third kappa shape index (κ3) is 4.04. The number of hydrogen-bond acceptors (Lipinski definition) is 4. The number of alkyl halides is 1. The highest BCUT2D eigenvalue weighted by molar-refractivity contribution is 9.10. The lowest BCUT2D eigenvalue weighted by atomic mass is 10.2. The number of anilines is 2. The maximum absolute atomic E-state index is 12.2. The fourth-order valence-corrected chi connectivity index (χ4v) is 4.18. The van der Waals surface area contributed by atoms with Gasteiger partial charge in [-0.25, -0.2) is 4.98 Å². The van der Waals surface area contributed by atoms with E-state index >= 15 is 0 Å². The Balaban J connectivity index is 1.71. The zero-order valence-electron chi connectivity index (χ0n) is 13.3. The summed E-state index contributed by atoms with van der Waals surface area (Å²) >= 11 is 5.01. The molecule has 124 valence electrons. The van der Waals surface area contributed by atoms with E-state index in [9.17, 15) is 4.79 Å². The second-order valence-electron chi connectivity index (χ2n) is 5.96. The fraction of sp³-hybridized carbons (Fsp3) is 0.529. The molecule has 0 bridgehead atoms. The Hall–Kier alpha value is -1.14. The molecule has 1 atom stereocenters. The van der Waals surface area contributed by atoms with E-state index in [-0.39, 0.29) is 10.7 Å². The van der Waals surface area contributed by atoms with Gasteiger partial charge in [0.2, 0.25) is 5.91 Å². The Morgan fingerprint density at radius 1 is 1.43 bits per heavy atom. The van der Waals surface area contributed by atoms with Crippen LogP contribution in [0.3, 0.4) is 0 Å². The molecular formula is C17H22BrN3OS. The van der Waals surface area contributed by atoms with E-state index in [1.54, 1.807) is 11.3 Å². The summed E-state index contributed by atoms with van der Waals surface area (Å²) in [5.74, 6) is -0.00253. The quantitative estimate of drug-likeness (QED) is 0.715. The first-order valence-corrected chi connectivity index (χ1v) is 10.0. The zero-order chi connectivity index (χ0) is 16.2. The van der Waals surface area contributed by atoms with Gasteiger partial charge in [0.15, 0.2) is 5.13 Å². The minimum atomic E-state index is -0.144. The Morgan fingerprint density at radius 2 is 2.22 bits per heavy atom. The van der Waals surface area contributed by atoms with Gasteiger partial charge in [-0.1, -0.05) is 47.0 Å². The van der Waals surface area contributed by atoms with Crippen LogP contribution in [0.25, 0.3) is 10.2 Å². The van der Waals surface area contributed by atoms with Gasteiger partial charge in [0.1, 0.15) is 0 Å². The number of thiazole rings is 1. The molecule has 1 amide bonds. The highest BCUT2D eigenvalue weighted by Crippen LogP contribution is 2.31. The van der Waals surface area contributed by atoms with Gasteiger partial charge >= 0.3 is 0 Å². The van der Waals surface area contributed by atoms with Crippen LogP contribution in [0.2, 0.25) is 0 Å². The average molecular weight is 396 g/mol. The molecule has 23 heavy (non-hydrogen) atoms. The summed E-state index contributed by atoms with van der Waals surface area (Å²) in [6.45, 7) is 4.40. The van der Waals surface area contributed by atoms with Crippen LogP contribution in [-0.2, 0) is 4.79 Å². The predicted molar refractivity (Wildman–Crippen MR) is 102 cm³/mol. The van der Waals surface area contributed by atoms with E-state index in [1.165, 1.54) is 18.5 Å². The summed E-state index contributed by atoms with van der Waals surface area (Å²) < 4.78 is 1.13. The largest absolute Gasteiger partial charge is 0.371 e. The molecule has 0 saturated carbocycles. The van der Waals surface area contributed by atoms with Crippen LogP contribution in [-0.4, -0.2) is 28.8 Å². The molecule has 1 fully saturated rings. The molecule has 1 aliphatic heterocycles. The third-order valence-electron chi connectivity index (χ3n) is 4.17. The van der Waals surface area contributed by atoms with Crippen LogP contribution in [0, 0.1) is 0 Å². The van der Waals surface area contributed by atoms with Crippen molar-refractivity contribution in [2.24, 2.45) is 0 Å². The molecule has 1 aliphatic rings. The van der Waals surface area contributed by atoms with E-state index in [0.717, 1.165) is 42.6 Å². The van der Waals surface area contributed by atoms with Crippen molar-refractivity contribution < 1.29 is 4.79 Å². The first-order chi connectivity index (χ1) is 11.2. The minimum Gasteiger partial charge on any atom is -0.371 e. The summed E-state index contributed by atoms with van der Waals surface area (Å²) in [6.07, 6.45) is 5.53. The van der Waals surface area contributed by atoms with Gasteiger partial charge in [0.25, 0.3) is 0 Å². The first kappa shape index (κ1) is 16.7. The topological polar surface area (TPSA) is 45.2 Å². The number of unbranched alkanes of at least 4 members (excludes halogenated alkanes) is 1. The summed E-state index contributed by atoms with van der Waals surface area (Å²) in [7, 11) is 0. The molecule has 1 N–H and O–H groups in total. The number of nitrogens with zero attached hydrogens (tertiary/aromatic N) is 2. The summed E-state index contributed by atoms with van der Waals surface area (Å²) in [4.78, 5) is 19.0. The Morgan fingerprint density at radius 3 is 2.96 bits per heavy atom. The molecule has 2 heterocycles. The highest BCUT2D eigenvalue weighted by atomic mass is 79.9. The number of rotatable bonds is 6. The van der Waals surface area contributed by atoms with Crippen LogP contribution in [0.1, 0.15) is 39.0 Å². The maximum atomic E-state index is 12.2. The monoisotopic (exact) mass is 395 g/mol. The van der Waals surface area contributed by atoms with Crippen LogP contribution in [0.5, 0.6) is 0 Å². The van der Waals surface area contributed by atoms with Crippen LogP contribution >= 0.6 is 27.3 Å². The number of hydrogen-bond donors (Lipinski definition) is 1. The number of carbonyl (C=O) groups excluding carboxylic acids is 1. The maximum Gasteiger partial charge on any atom is 0.239 e. The van der Waals surface area contributed by atoms with Gasteiger partial charge in [0.05, 0.1) is 15.0 Å². The van der Waals surface area contributed by atoms with E-state index in [1.807, 2.05) is 0 Å². The molecule has 0 spiro atoms. The van der Waals surface area contributed by atoms with Crippen molar-refractivity contribution in [1.82, 2.24) is 4.98 Å². The van der Waals surface area contributed by atoms with Crippen molar-refractivity contribution in [3.8, 4) is 0 Å². The fourth-order valence-electron chi connectivity index (χ4n) is 2.84. The molecule has 1 aromatic carbocycles. The normalized spacial score (nSPS) is 16.0. The third-order valence-corrected chi connectivity index (χ3v) is 5.98. The lowest BCUT2D eigenvalue weighted by Crippen LogP contribution is -2.22. The lowest BCUT2D eigenvalue weighted by Gasteiger charge is -2.16. The minimum absolute atomic E-state index is 0.00253. The standard InChI is InChI=1S/C17H22BrN3OS/c1-2-3-6-13(18)16(22)20-17-19-14-8-7-12(11-15(14)23-17)21-9-4-5-10-21/h7-8,11,13H,2-6,9-10H2,1H3,(H,19,20,22)/t13-/m1/s1. The second-order valence-corrected chi connectivity index (χ2v) is 8.10. The number of benzene rings is 1. The Kier molecular flexibility index (Phi) is 5.54. The van der Waals surface area contributed by atoms with E-state index < -0.39 is 0 Å². The van der Waals surface area contributed by atoms with Crippen LogP contribution in [0.4, 0.5) is 10.8 Å². The number of fused-ring (bicyclic) bond motifs is 1. The van der Waals surface area contributed by atoms with Gasteiger partial charge in [0, 0.05) is 18.8 Å². The highest BCUT2D eigenvalue weighted by Gasteiger charge is 2.17. The number of aromatic nitrogens is 1. The first-order valence-electron chi connectivity index (χ1n) is 8.28. The van der Waals surface area contributed by atoms with Gasteiger partial charge in [-0.3, -0.25) is 4.79 Å². The van der Waals surface area contributed by atoms with E-state index in [4.69, 9.17) is 0 Å². The van der Waals surface area contributed by atoms with Gasteiger partial charge in [-0.05, 0) is 37.5 Å². The molecule has 1 saturated heterocycles. The number of nitrogens with one attached hydrogen (secondary N) is 1. The SMILES string of the molecule is CCCC[C@@H](Br)C(=O)Nc1nc2ccc(N3CCCC3)cc2s1. The smallest absolute Gasteiger partial charge is 0.239 e. The summed E-state index contributed by atoms with van der Waals surface area (Å²) in [6, 6.07) is 6.38. The van der Waals surface area contributed by atoms with Crippen molar-refractivity contribution in [1.29, 1.82) is 0 Å². The number of carbonyl (C=O) groups is 1. The van der Waals surface area contributed by atoms with Crippen LogP contribution < -0.4 is 10.2 Å². The van der Waals surface area contributed by atoms with E-state index in [0.29, 0.717) is 5.13 Å². The Bertz CT molecular complexity index is 682. The van der Waals surface area contributed by atoms with Gasteiger partial charge in [-0.2, -0.15) is 0 Å². The zero-order valence-corrected chi connectivity index (χ0v) is 15.8. The molecular weight excluding hydrogens is 374 g/mol. The number of amides is 1. The van der Waals surface area contributed by atoms with Gasteiger partial charge < -0.3 is 10.2 Å². The van der Waals surface area contributed by atoms with Crippen molar-refractivity contribution in [2.45, 2.75) is 43.9 Å².